The van der Waals surface area contributed by atoms with Crippen LogP contribution in [-0.4, -0.2) is 26.9 Å². The molecule has 2 N–H and O–H groups in total. The molecule has 0 radical (unpaired) electrons. The van der Waals surface area contributed by atoms with Crippen LogP contribution in [0, 0.1) is 0 Å². The van der Waals surface area contributed by atoms with Crippen molar-refractivity contribution in [3.63, 3.8) is 0 Å². The number of H-pyrrole nitrogens is 1. The molecule has 1 saturated heterocycles. The van der Waals surface area contributed by atoms with Crippen molar-refractivity contribution in [1.82, 2.24) is 9.55 Å². The Morgan fingerprint density at radius 3 is 2.94 bits per heavy atom. The van der Waals surface area contributed by atoms with E-state index in [0.717, 1.165) is 4.57 Å². The van der Waals surface area contributed by atoms with Crippen LogP contribution in [-0.2, 0) is 4.74 Å². The van der Waals surface area contributed by atoms with E-state index in [9.17, 15) is 14.7 Å². The fourth-order valence-electron chi connectivity index (χ4n) is 2.12. The number of rotatable bonds is 2. The van der Waals surface area contributed by atoms with Crippen molar-refractivity contribution >= 4 is 0 Å². The monoisotopic (exact) mass is 240 g/mol. The lowest BCUT2D eigenvalue weighted by Gasteiger charge is -2.33. The van der Waals surface area contributed by atoms with Crippen molar-refractivity contribution in [2.45, 2.75) is 44.6 Å². The topological polar surface area (TPSA) is 84.3 Å². The summed E-state index contributed by atoms with van der Waals surface area (Å²) in [6.45, 7) is 1.90. The van der Waals surface area contributed by atoms with Crippen LogP contribution in [0.4, 0.5) is 0 Å². The number of nitrogens with one attached hydrogen (secondary N) is 1. The Balaban J connectivity index is 2.30. The van der Waals surface area contributed by atoms with E-state index < -0.39 is 18.0 Å². The largest absolute Gasteiger partial charge is 0.390 e. The molecule has 6 nitrogen and oxygen atoms in total. The number of nitrogens with zero attached hydrogens (tertiary/aromatic N) is 1. The molecule has 0 unspecified atom stereocenters. The van der Waals surface area contributed by atoms with E-state index in [1.54, 1.807) is 0 Å². The average molecular weight is 240 g/mol. The fraction of sp³-hybridized carbons (Fsp3) is 0.636. The fourth-order valence-corrected chi connectivity index (χ4v) is 2.12. The quantitative estimate of drug-likeness (QED) is 0.761. The summed E-state index contributed by atoms with van der Waals surface area (Å²) in [5.41, 5.74) is -0.862. The molecule has 0 amide bonds. The Labute approximate surface area is 97.9 Å². The first-order valence-electron chi connectivity index (χ1n) is 5.77. The van der Waals surface area contributed by atoms with Gasteiger partial charge in [-0.05, 0) is 19.3 Å². The van der Waals surface area contributed by atoms with Gasteiger partial charge in [-0.2, -0.15) is 0 Å². The van der Waals surface area contributed by atoms with E-state index >= 15 is 0 Å². The van der Waals surface area contributed by atoms with Crippen molar-refractivity contribution in [2.75, 3.05) is 0 Å². The van der Waals surface area contributed by atoms with Crippen LogP contribution in [0.5, 0.6) is 0 Å². The maximum Gasteiger partial charge on any atom is 0.330 e. The van der Waals surface area contributed by atoms with E-state index in [-0.39, 0.29) is 11.7 Å². The molecule has 0 spiro atoms. The van der Waals surface area contributed by atoms with E-state index in [1.807, 2.05) is 6.92 Å². The van der Waals surface area contributed by atoms with Crippen molar-refractivity contribution in [2.24, 2.45) is 0 Å². The molecular formula is C11H16N2O4. The lowest BCUT2D eigenvalue weighted by atomic mass is 10.0. The molecule has 0 bridgehead atoms. The number of aliphatic hydroxyl groups is 1. The lowest BCUT2D eigenvalue weighted by molar-refractivity contribution is -0.148. The highest BCUT2D eigenvalue weighted by molar-refractivity contribution is 4.86. The summed E-state index contributed by atoms with van der Waals surface area (Å²) >= 11 is 0. The van der Waals surface area contributed by atoms with Gasteiger partial charge in [0.25, 0.3) is 5.56 Å². The first kappa shape index (κ1) is 12.1. The van der Waals surface area contributed by atoms with Crippen molar-refractivity contribution in [1.29, 1.82) is 0 Å². The van der Waals surface area contributed by atoms with Gasteiger partial charge in [0, 0.05) is 12.3 Å². The van der Waals surface area contributed by atoms with Crippen molar-refractivity contribution in [3.05, 3.63) is 33.1 Å². The molecule has 17 heavy (non-hydrogen) atoms. The summed E-state index contributed by atoms with van der Waals surface area (Å²) in [4.78, 5) is 25.6. The molecule has 0 aliphatic carbocycles. The van der Waals surface area contributed by atoms with Crippen molar-refractivity contribution < 1.29 is 9.84 Å². The summed E-state index contributed by atoms with van der Waals surface area (Å²) < 4.78 is 6.65. The number of hydrogen-bond donors (Lipinski definition) is 2. The van der Waals surface area contributed by atoms with Gasteiger partial charge >= 0.3 is 5.69 Å². The van der Waals surface area contributed by atoms with Gasteiger partial charge in [-0.3, -0.25) is 4.79 Å². The second kappa shape index (κ2) is 4.85. The Hall–Kier alpha value is -1.40. The zero-order valence-corrected chi connectivity index (χ0v) is 9.63. The highest BCUT2D eigenvalue weighted by Crippen LogP contribution is 2.26. The molecule has 1 aromatic heterocycles. The summed E-state index contributed by atoms with van der Waals surface area (Å²) in [5.74, 6) is 0. The molecule has 2 rings (SSSR count). The molecule has 3 atom stereocenters. The number of aromatic nitrogens is 2. The van der Waals surface area contributed by atoms with Gasteiger partial charge < -0.3 is 14.8 Å². The van der Waals surface area contributed by atoms with E-state index in [0.29, 0.717) is 19.3 Å². The minimum absolute atomic E-state index is 0.319. The van der Waals surface area contributed by atoms with Crippen LogP contribution >= 0.6 is 0 Å². The number of ether oxygens (including phenoxy) is 1. The van der Waals surface area contributed by atoms with E-state index in [4.69, 9.17) is 4.74 Å². The summed E-state index contributed by atoms with van der Waals surface area (Å²) in [7, 11) is 0. The molecule has 0 saturated carbocycles. The standard InChI is InChI=1S/C11H16N2O4/c1-2-8-7(14)3-4-10(17-8)13-9(15)5-6-12-11(13)16/h5-8,10,14H,2-4H2,1H3,(H,12,16)/t7-,8+,10+/m0/s1. The zero-order valence-electron chi connectivity index (χ0n) is 9.63. The predicted molar refractivity (Wildman–Crippen MR) is 60.8 cm³/mol. The Kier molecular flexibility index (Phi) is 3.44. The maximum absolute atomic E-state index is 11.6. The zero-order chi connectivity index (χ0) is 12.4. The molecule has 2 heterocycles. The normalized spacial score (nSPS) is 29.2. The molecule has 1 aromatic rings. The van der Waals surface area contributed by atoms with Crippen LogP contribution in [0.3, 0.4) is 0 Å². The third-order valence-electron chi connectivity index (χ3n) is 3.05. The van der Waals surface area contributed by atoms with Crippen LogP contribution in [0.2, 0.25) is 0 Å². The molecule has 1 fully saturated rings. The second-order valence-corrected chi connectivity index (χ2v) is 4.17. The highest BCUT2D eigenvalue weighted by atomic mass is 16.5. The molecular weight excluding hydrogens is 224 g/mol. The first-order chi connectivity index (χ1) is 8.13. The minimum Gasteiger partial charge on any atom is -0.390 e. The Bertz CT molecular complexity index is 464. The highest BCUT2D eigenvalue weighted by Gasteiger charge is 2.30. The lowest BCUT2D eigenvalue weighted by Crippen LogP contribution is -2.44. The van der Waals surface area contributed by atoms with Gasteiger partial charge in [-0.25, -0.2) is 9.36 Å². The number of aromatic amines is 1. The van der Waals surface area contributed by atoms with Crippen molar-refractivity contribution in [3.8, 4) is 0 Å². The minimum atomic E-state index is -0.583. The van der Waals surface area contributed by atoms with Gasteiger partial charge in [-0.1, -0.05) is 6.92 Å². The van der Waals surface area contributed by atoms with Crippen LogP contribution < -0.4 is 11.2 Å². The van der Waals surface area contributed by atoms with E-state index in [2.05, 4.69) is 4.98 Å². The predicted octanol–water partition coefficient (Wildman–Crippen LogP) is -0.0149. The summed E-state index contributed by atoms with van der Waals surface area (Å²) in [6, 6.07) is 1.29. The molecule has 1 aliphatic rings. The molecule has 1 aliphatic heterocycles. The molecule has 0 aromatic carbocycles. The summed E-state index contributed by atoms with van der Waals surface area (Å²) in [6.07, 6.45) is 1.54. The maximum atomic E-state index is 11.6. The van der Waals surface area contributed by atoms with Gasteiger partial charge in [0.15, 0.2) is 0 Å². The number of aliphatic hydroxyl groups excluding tert-OH is 1. The first-order valence-corrected chi connectivity index (χ1v) is 5.77. The van der Waals surface area contributed by atoms with Gasteiger partial charge in [0.1, 0.15) is 6.23 Å². The average Bonchev–Trinajstić information content (AvgIpc) is 2.31. The Morgan fingerprint density at radius 2 is 2.29 bits per heavy atom. The third kappa shape index (κ3) is 2.32. The van der Waals surface area contributed by atoms with Gasteiger partial charge in [0.05, 0.1) is 12.2 Å². The second-order valence-electron chi connectivity index (χ2n) is 4.17. The molecule has 94 valence electrons. The van der Waals surface area contributed by atoms with Gasteiger partial charge in [-0.15, -0.1) is 0 Å². The third-order valence-corrected chi connectivity index (χ3v) is 3.05. The molecule has 6 heteroatoms. The Morgan fingerprint density at radius 1 is 1.53 bits per heavy atom. The van der Waals surface area contributed by atoms with Crippen LogP contribution in [0.1, 0.15) is 32.4 Å². The van der Waals surface area contributed by atoms with Gasteiger partial charge in [0.2, 0.25) is 0 Å². The van der Waals surface area contributed by atoms with Crippen LogP contribution in [0.25, 0.3) is 0 Å². The van der Waals surface area contributed by atoms with Crippen LogP contribution in [0.15, 0.2) is 21.9 Å². The summed E-state index contributed by atoms with van der Waals surface area (Å²) in [5, 5.41) is 9.67. The SMILES string of the molecule is CC[C@H]1O[C@@H](n2c(=O)cc[nH]c2=O)CC[C@@H]1O. The van der Waals surface area contributed by atoms with E-state index in [1.165, 1.54) is 12.3 Å². The smallest absolute Gasteiger partial charge is 0.330 e. The number of hydrogen-bond acceptors (Lipinski definition) is 4.